The number of hydrogen-bond acceptors (Lipinski definition) is 9. The molecule has 0 aliphatic carbocycles. The SMILES string of the molecule is O=S(=O)(O)c1cc(S(=O)(=O)O)c2cc(S(=O)(=O)O)c(O)c(S(=O)(=O)O)c2c1. The van der Waals surface area contributed by atoms with E-state index in [1.807, 2.05) is 0 Å². The third-order valence-electron chi connectivity index (χ3n) is 3.20. The normalized spacial score (nSPS) is 13.8. The van der Waals surface area contributed by atoms with Gasteiger partial charge in [-0.3, -0.25) is 18.2 Å². The van der Waals surface area contributed by atoms with E-state index in [9.17, 15) is 47.9 Å². The zero-order valence-corrected chi connectivity index (χ0v) is 15.6. The molecule has 2 aromatic rings. The maximum atomic E-state index is 11.6. The molecule has 0 atom stereocenters. The van der Waals surface area contributed by atoms with Gasteiger partial charge in [0.1, 0.15) is 14.7 Å². The van der Waals surface area contributed by atoms with Gasteiger partial charge in [0.2, 0.25) is 0 Å². The molecule has 0 saturated heterocycles. The van der Waals surface area contributed by atoms with E-state index in [1.54, 1.807) is 0 Å². The van der Waals surface area contributed by atoms with E-state index < -0.39 is 76.6 Å². The third kappa shape index (κ3) is 4.04. The van der Waals surface area contributed by atoms with Crippen LogP contribution in [0.25, 0.3) is 10.8 Å². The molecule has 13 nitrogen and oxygen atoms in total. The molecule has 0 heterocycles. The Bertz CT molecular complexity index is 1400. The first-order valence-corrected chi connectivity index (χ1v) is 11.8. The Morgan fingerprint density at radius 3 is 1.41 bits per heavy atom. The predicted molar refractivity (Wildman–Crippen MR) is 84.9 cm³/mol. The first-order valence-electron chi connectivity index (χ1n) is 6.09. The van der Waals surface area contributed by atoms with E-state index in [-0.39, 0.29) is 18.2 Å². The van der Waals surface area contributed by atoms with E-state index >= 15 is 0 Å². The molecule has 0 aliphatic rings. The lowest BCUT2D eigenvalue weighted by Crippen LogP contribution is -2.09. The van der Waals surface area contributed by atoms with Gasteiger partial charge in [0, 0.05) is 10.8 Å². The van der Waals surface area contributed by atoms with Crippen molar-refractivity contribution in [3.8, 4) is 5.75 Å². The number of aromatic hydroxyl groups is 1. The van der Waals surface area contributed by atoms with Crippen LogP contribution in [0, 0.1) is 0 Å². The second kappa shape index (κ2) is 6.07. The monoisotopic (exact) mass is 464 g/mol. The summed E-state index contributed by atoms with van der Waals surface area (Å²) in [4.78, 5) is -5.93. The second-order valence-electron chi connectivity index (χ2n) is 4.97. The Kier molecular flexibility index (Phi) is 4.82. The van der Waals surface area contributed by atoms with Crippen LogP contribution in [0.4, 0.5) is 0 Å². The van der Waals surface area contributed by atoms with Crippen molar-refractivity contribution >= 4 is 51.2 Å². The molecule has 0 spiro atoms. The largest absolute Gasteiger partial charge is 0.505 e. The van der Waals surface area contributed by atoms with Gasteiger partial charge in [0.25, 0.3) is 40.5 Å². The maximum absolute atomic E-state index is 11.6. The van der Waals surface area contributed by atoms with Crippen LogP contribution in [0.3, 0.4) is 0 Å². The van der Waals surface area contributed by atoms with Crippen molar-refractivity contribution in [2.45, 2.75) is 19.6 Å². The summed E-state index contributed by atoms with van der Waals surface area (Å²) < 4.78 is 128. The van der Waals surface area contributed by atoms with Crippen LogP contribution in [0.5, 0.6) is 5.75 Å². The molecule has 27 heavy (non-hydrogen) atoms. The average molecular weight is 464 g/mol. The van der Waals surface area contributed by atoms with E-state index in [0.717, 1.165) is 0 Å². The maximum Gasteiger partial charge on any atom is 0.298 e. The number of phenols is 1. The standard InChI is InChI=1S/C10H8O13S4/c11-9-8(26(18,19)20)3-5-6(10(9)27(21,22)23)1-4(24(12,13)14)2-7(5)25(15,16)17/h1-3,11H,(H,12,13,14)(H,15,16,17)(H,18,19,20)(H,21,22,23). The molecule has 17 heteroatoms. The van der Waals surface area contributed by atoms with Crippen LogP contribution in [-0.2, 0) is 40.5 Å². The van der Waals surface area contributed by atoms with Gasteiger partial charge >= 0.3 is 0 Å². The molecule has 0 radical (unpaired) electrons. The first kappa shape index (κ1) is 21.4. The van der Waals surface area contributed by atoms with Crippen LogP contribution in [0.1, 0.15) is 0 Å². The van der Waals surface area contributed by atoms with Crippen molar-refractivity contribution in [2.24, 2.45) is 0 Å². The molecule has 0 amide bonds. The fraction of sp³-hybridized carbons (Fsp3) is 0. The zero-order chi connectivity index (χ0) is 21.2. The fourth-order valence-corrected chi connectivity index (χ4v) is 5.01. The van der Waals surface area contributed by atoms with E-state index in [1.165, 1.54) is 0 Å². The van der Waals surface area contributed by atoms with Crippen LogP contribution in [0.15, 0.2) is 37.8 Å². The third-order valence-corrected chi connectivity index (χ3v) is 6.72. The average Bonchev–Trinajstić information content (AvgIpc) is 2.40. The summed E-state index contributed by atoms with van der Waals surface area (Å²) >= 11 is 0. The second-order valence-corrected chi connectivity index (χ2v) is 10.5. The molecule has 0 unspecified atom stereocenters. The summed E-state index contributed by atoms with van der Waals surface area (Å²) in [5, 5.41) is 7.74. The van der Waals surface area contributed by atoms with Crippen molar-refractivity contribution in [1.82, 2.24) is 0 Å². The molecule has 0 fully saturated rings. The van der Waals surface area contributed by atoms with Crippen molar-refractivity contribution in [3.63, 3.8) is 0 Å². The highest BCUT2D eigenvalue weighted by Gasteiger charge is 2.31. The van der Waals surface area contributed by atoms with Crippen LogP contribution in [0.2, 0.25) is 0 Å². The van der Waals surface area contributed by atoms with Crippen LogP contribution >= 0.6 is 0 Å². The summed E-state index contributed by atoms with van der Waals surface area (Å²) in [6.07, 6.45) is 0. The number of fused-ring (bicyclic) bond motifs is 1. The number of hydrogen-bond donors (Lipinski definition) is 5. The minimum Gasteiger partial charge on any atom is -0.505 e. The van der Waals surface area contributed by atoms with E-state index in [2.05, 4.69) is 0 Å². The summed E-state index contributed by atoms with van der Waals surface area (Å²) in [6, 6.07) is 0.660. The Morgan fingerprint density at radius 1 is 0.556 bits per heavy atom. The lowest BCUT2D eigenvalue weighted by Gasteiger charge is -2.13. The number of phenolic OH excluding ortho intramolecular Hbond substituents is 1. The molecule has 0 aliphatic heterocycles. The number of benzene rings is 2. The minimum atomic E-state index is -5.55. The molecule has 2 rings (SSSR count). The molecule has 150 valence electrons. The summed E-state index contributed by atoms with van der Waals surface area (Å²) in [6.45, 7) is 0. The van der Waals surface area contributed by atoms with Crippen LogP contribution < -0.4 is 0 Å². The Balaban J connectivity index is 3.41. The molecule has 0 bridgehead atoms. The Hall–Kier alpha value is -1.86. The first-order chi connectivity index (χ1) is 11.8. The zero-order valence-electron chi connectivity index (χ0n) is 12.4. The lowest BCUT2D eigenvalue weighted by molar-refractivity contribution is 0.424. The lowest BCUT2D eigenvalue weighted by atomic mass is 10.1. The Labute approximate surface area is 151 Å². The fourth-order valence-electron chi connectivity index (χ4n) is 2.20. The van der Waals surface area contributed by atoms with Gasteiger partial charge in [-0.2, -0.15) is 33.7 Å². The van der Waals surface area contributed by atoms with Gasteiger partial charge in [-0.25, -0.2) is 0 Å². The molecule has 0 aromatic heterocycles. The summed E-state index contributed by atoms with van der Waals surface area (Å²) in [5.41, 5.74) is 0. The van der Waals surface area contributed by atoms with Gasteiger partial charge in [0.15, 0.2) is 5.75 Å². The van der Waals surface area contributed by atoms with Gasteiger partial charge < -0.3 is 5.11 Å². The van der Waals surface area contributed by atoms with E-state index in [0.29, 0.717) is 0 Å². The van der Waals surface area contributed by atoms with Gasteiger partial charge in [0.05, 0.1) is 4.90 Å². The minimum absolute atomic E-state index is 0.158. The van der Waals surface area contributed by atoms with Gasteiger partial charge in [-0.1, -0.05) is 0 Å². The quantitative estimate of drug-likeness (QED) is 0.360. The molecular formula is C10H8O13S4. The smallest absolute Gasteiger partial charge is 0.298 e. The highest BCUT2D eigenvalue weighted by atomic mass is 32.2. The Morgan fingerprint density at radius 2 is 1.04 bits per heavy atom. The topological polar surface area (TPSA) is 238 Å². The van der Waals surface area contributed by atoms with Crippen molar-refractivity contribution in [1.29, 1.82) is 0 Å². The summed E-state index contributed by atoms with van der Waals surface area (Å²) in [7, 11) is -21.5. The van der Waals surface area contributed by atoms with Gasteiger partial charge in [-0.05, 0) is 18.2 Å². The molecule has 0 saturated carbocycles. The van der Waals surface area contributed by atoms with Crippen molar-refractivity contribution in [3.05, 3.63) is 18.2 Å². The van der Waals surface area contributed by atoms with Gasteiger partial charge in [-0.15, -0.1) is 0 Å². The van der Waals surface area contributed by atoms with Crippen molar-refractivity contribution in [2.75, 3.05) is 0 Å². The highest BCUT2D eigenvalue weighted by Crippen LogP contribution is 2.40. The highest BCUT2D eigenvalue weighted by molar-refractivity contribution is 7.87. The number of rotatable bonds is 4. The predicted octanol–water partition coefficient (Wildman–Crippen LogP) is -0.468. The molecule has 2 aromatic carbocycles. The summed E-state index contributed by atoms with van der Waals surface area (Å²) in [5.74, 6) is -1.76. The van der Waals surface area contributed by atoms with Crippen LogP contribution in [-0.4, -0.2) is 57.0 Å². The van der Waals surface area contributed by atoms with Crippen molar-refractivity contribution < 1.29 is 57.0 Å². The van der Waals surface area contributed by atoms with E-state index in [4.69, 9.17) is 9.11 Å². The molecular weight excluding hydrogens is 456 g/mol. The molecule has 5 N–H and O–H groups in total.